The molecular weight excluding hydrogens is 561 g/mol. The van der Waals surface area contributed by atoms with Gasteiger partial charge in [0.25, 0.3) is 11.8 Å². The first kappa shape index (κ1) is 31.3. The van der Waals surface area contributed by atoms with E-state index in [0.29, 0.717) is 11.0 Å². The van der Waals surface area contributed by atoms with Gasteiger partial charge in [-0.05, 0) is 20.8 Å². The largest absolute Gasteiger partial charge is 0.473 e. The van der Waals surface area contributed by atoms with Crippen molar-refractivity contribution in [3.63, 3.8) is 0 Å². The van der Waals surface area contributed by atoms with E-state index in [1.165, 1.54) is 5.32 Å². The maximum Gasteiger partial charge on any atom is 0.471 e. The fourth-order valence-electron chi connectivity index (χ4n) is 4.18. The summed E-state index contributed by atoms with van der Waals surface area (Å²) in [7, 11) is 1.04. The van der Waals surface area contributed by atoms with Crippen LogP contribution in [0.25, 0.3) is 0 Å². The van der Waals surface area contributed by atoms with Crippen molar-refractivity contribution in [2.75, 3.05) is 25.5 Å². The SMILES string of the molecule is C=C(NC(=O)C(F)(F)F)C(=O)N(C)[C@@H](COC(C)(C)C)C(=O)N1C[C@@]2(C[C@H]1C#N)Oc1cc(F)cc(F)c1NC2=O. The molecule has 1 spiro atoms. The molecule has 1 saturated heterocycles. The molecule has 0 bridgehead atoms. The first-order valence-electron chi connectivity index (χ1n) is 12.0. The van der Waals surface area contributed by atoms with Crippen LogP contribution in [0.5, 0.6) is 5.75 Å². The van der Waals surface area contributed by atoms with E-state index in [1.54, 1.807) is 20.8 Å². The zero-order valence-corrected chi connectivity index (χ0v) is 22.3. The molecule has 0 saturated carbocycles. The molecule has 1 fully saturated rings. The average molecular weight is 588 g/mol. The Kier molecular flexibility index (Phi) is 8.36. The summed E-state index contributed by atoms with van der Waals surface area (Å²) in [6, 6.07) is 0.281. The van der Waals surface area contributed by atoms with Crippen molar-refractivity contribution in [1.82, 2.24) is 15.1 Å². The summed E-state index contributed by atoms with van der Waals surface area (Å²) >= 11 is 0. The number of carbonyl (C=O) groups is 4. The number of rotatable bonds is 6. The number of nitriles is 1. The van der Waals surface area contributed by atoms with E-state index < -0.39 is 95.7 Å². The second-order valence-electron chi connectivity index (χ2n) is 10.4. The summed E-state index contributed by atoms with van der Waals surface area (Å²) in [6.07, 6.45) is -5.74. The average Bonchev–Trinajstić information content (AvgIpc) is 3.22. The Morgan fingerprint density at radius 2 is 1.95 bits per heavy atom. The molecule has 41 heavy (non-hydrogen) atoms. The highest BCUT2D eigenvalue weighted by Crippen LogP contribution is 2.42. The number of fused-ring (bicyclic) bond motifs is 1. The van der Waals surface area contributed by atoms with E-state index >= 15 is 0 Å². The van der Waals surface area contributed by atoms with Gasteiger partial charge in [0.1, 0.15) is 23.6 Å². The van der Waals surface area contributed by atoms with Gasteiger partial charge in [-0.1, -0.05) is 6.58 Å². The first-order chi connectivity index (χ1) is 18.8. The highest BCUT2D eigenvalue weighted by atomic mass is 19.4. The van der Waals surface area contributed by atoms with Gasteiger partial charge in [0.2, 0.25) is 11.5 Å². The Hall–Kier alpha value is -4.26. The van der Waals surface area contributed by atoms with Gasteiger partial charge in [0.15, 0.2) is 11.6 Å². The van der Waals surface area contributed by atoms with Gasteiger partial charge < -0.3 is 29.9 Å². The fourth-order valence-corrected chi connectivity index (χ4v) is 4.18. The Bertz CT molecular complexity index is 1340. The van der Waals surface area contributed by atoms with Crippen LogP contribution in [0.1, 0.15) is 27.2 Å². The van der Waals surface area contributed by atoms with Crippen molar-refractivity contribution >= 4 is 29.3 Å². The predicted molar refractivity (Wildman–Crippen MR) is 130 cm³/mol. The molecule has 2 heterocycles. The summed E-state index contributed by atoms with van der Waals surface area (Å²) in [6.45, 7) is 6.91. The normalized spacial score (nSPS) is 20.8. The van der Waals surface area contributed by atoms with E-state index in [2.05, 4.69) is 11.9 Å². The summed E-state index contributed by atoms with van der Waals surface area (Å²) in [5.41, 5.74) is -4.23. The number of nitrogens with zero attached hydrogens (tertiary/aromatic N) is 3. The lowest BCUT2D eigenvalue weighted by Gasteiger charge is -2.36. The molecule has 0 unspecified atom stereocenters. The highest BCUT2D eigenvalue weighted by Gasteiger charge is 2.56. The molecule has 0 aromatic heterocycles. The minimum Gasteiger partial charge on any atom is -0.473 e. The van der Waals surface area contributed by atoms with Crippen LogP contribution in [0.2, 0.25) is 0 Å². The van der Waals surface area contributed by atoms with Crippen molar-refractivity contribution in [3.8, 4) is 11.8 Å². The Balaban J connectivity index is 1.91. The summed E-state index contributed by atoms with van der Waals surface area (Å²) in [4.78, 5) is 52.5. The van der Waals surface area contributed by atoms with Gasteiger partial charge in [-0.15, -0.1) is 0 Å². The number of anilines is 1. The second kappa shape index (κ2) is 11.0. The van der Waals surface area contributed by atoms with Gasteiger partial charge in [0, 0.05) is 25.6 Å². The van der Waals surface area contributed by atoms with E-state index in [-0.39, 0.29) is 5.75 Å². The van der Waals surface area contributed by atoms with E-state index in [9.17, 15) is 46.4 Å². The monoisotopic (exact) mass is 587 g/mol. The van der Waals surface area contributed by atoms with Crippen LogP contribution in [-0.2, 0) is 23.9 Å². The Morgan fingerprint density at radius 3 is 2.51 bits per heavy atom. The zero-order chi connectivity index (χ0) is 31.1. The number of likely N-dealkylation sites (tertiary alicyclic amines) is 1. The standard InChI is InChI=1S/C25H26F5N5O6/c1-12(32-22(39)25(28,29)30)19(36)34(5)16(10-40-23(2,3)4)20(37)35-11-24(8-14(35)9-31)21(38)33-18-15(27)6-13(26)7-17(18)41-24/h6-7,14,16H,1,8,10-11H2,2-5H3,(H,32,39)(H,33,38)/t14-,16-,24+/m0/s1. The van der Waals surface area contributed by atoms with Crippen LogP contribution in [-0.4, -0.2) is 83.1 Å². The van der Waals surface area contributed by atoms with Gasteiger partial charge >= 0.3 is 12.1 Å². The topological polar surface area (TPSA) is 141 Å². The number of hydrogen-bond donors (Lipinski definition) is 2. The number of alkyl halides is 3. The molecule has 3 atom stereocenters. The molecule has 1 aromatic carbocycles. The fraction of sp³-hybridized carbons (Fsp3) is 0.480. The van der Waals surface area contributed by atoms with Crippen molar-refractivity contribution in [2.24, 2.45) is 0 Å². The van der Waals surface area contributed by atoms with Crippen molar-refractivity contribution in [3.05, 3.63) is 36.0 Å². The third kappa shape index (κ3) is 6.56. The molecule has 16 heteroatoms. The van der Waals surface area contributed by atoms with Crippen LogP contribution in [0.4, 0.5) is 27.6 Å². The predicted octanol–water partition coefficient (Wildman–Crippen LogP) is 1.99. The van der Waals surface area contributed by atoms with E-state index in [1.807, 2.05) is 6.07 Å². The lowest BCUT2D eigenvalue weighted by molar-refractivity contribution is -0.173. The second-order valence-corrected chi connectivity index (χ2v) is 10.4. The highest BCUT2D eigenvalue weighted by molar-refractivity contribution is 6.03. The summed E-state index contributed by atoms with van der Waals surface area (Å²) in [5, 5.41) is 13.4. The maximum atomic E-state index is 14.2. The number of halogens is 5. The molecule has 2 N–H and O–H groups in total. The molecule has 222 valence electrons. The third-order valence-corrected chi connectivity index (χ3v) is 6.26. The molecule has 2 aliphatic heterocycles. The lowest BCUT2D eigenvalue weighted by Crippen LogP contribution is -2.57. The van der Waals surface area contributed by atoms with Crippen molar-refractivity contribution in [1.29, 1.82) is 5.26 Å². The summed E-state index contributed by atoms with van der Waals surface area (Å²) in [5.74, 6) is -8.09. The van der Waals surface area contributed by atoms with Crippen molar-refractivity contribution in [2.45, 2.75) is 56.7 Å². The van der Waals surface area contributed by atoms with Gasteiger partial charge in [0.05, 0.1) is 30.5 Å². The number of nitrogens with one attached hydrogen (secondary N) is 2. The smallest absolute Gasteiger partial charge is 0.471 e. The number of ether oxygens (including phenoxy) is 2. The minimum atomic E-state index is -5.32. The number of carbonyl (C=O) groups excluding carboxylic acids is 4. The molecule has 4 amide bonds. The lowest BCUT2D eigenvalue weighted by atomic mass is 9.97. The summed E-state index contributed by atoms with van der Waals surface area (Å²) < 4.78 is 77.3. The molecule has 0 radical (unpaired) electrons. The zero-order valence-electron chi connectivity index (χ0n) is 22.3. The molecule has 3 rings (SSSR count). The molecule has 2 aliphatic rings. The van der Waals surface area contributed by atoms with Crippen LogP contribution >= 0.6 is 0 Å². The van der Waals surface area contributed by atoms with Crippen LogP contribution in [0.3, 0.4) is 0 Å². The number of likely N-dealkylation sites (N-methyl/N-ethyl adjacent to an activating group) is 1. The number of amides is 4. The Labute approximate surface area is 230 Å². The third-order valence-electron chi connectivity index (χ3n) is 6.26. The Morgan fingerprint density at radius 1 is 1.32 bits per heavy atom. The first-order valence-corrected chi connectivity index (χ1v) is 12.0. The van der Waals surface area contributed by atoms with Gasteiger partial charge in [-0.2, -0.15) is 18.4 Å². The molecule has 11 nitrogen and oxygen atoms in total. The van der Waals surface area contributed by atoms with Crippen LogP contribution < -0.4 is 15.4 Å². The van der Waals surface area contributed by atoms with Crippen molar-refractivity contribution < 1.29 is 50.6 Å². The quantitative estimate of drug-likeness (QED) is 0.383. The molecule has 1 aromatic rings. The number of benzene rings is 1. The van der Waals surface area contributed by atoms with Gasteiger partial charge in [-0.25, -0.2) is 8.78 Å². The molecule has 0 aliphatic carbocycles. The van der Waals surface area contributed by atoms with E-state index in [0.717, 1.165) is 18.0 Å². The van der Waals surface area contributed by atoms with E-state index in [4.69, 9.17) is 9.47 Å². The minimum absolute atomic E-state index is 0.371. The maximum absolute atomic E-state index is 14.2. The van der Waals surface area contributed by atoms with Crippen LogP contribution in [0.15, 0.2) is 24.4 Å². The van der Waals surface area contributed by atoms with Crippen LogP contribution in [0, 0.1) is 23.0 Å². The number of hydrogen-bond acceptors (Lipinski definition) is 7. The van der Waals surface area contributed by atoms with Gasteiger partial charge in [-0.3, -0.25) is 19.2 Å². The molecular formula is C25H26F5N5O6.